The summed E-state index contributed by atoms with van der Waals surface area (Å²) in [4.78, 5) is 0. The van der Waals surface area contributed by atoms with Gasteiger partial charge in [0.25, 0.3) is 0 Å². The maximum absolute atomic E-state index is 8.64. The average Bonchev–Trinajstić information content (AvgIpc) is 3.49. The Morgan fingerprint density at radius 3 is 2.21 bits per heavy atom. The van der Waals surface area contributed by atoms with Crippen LogP contribution in [0.4, 0.5) is 0 Å². The van der Waals surface area contributed by atoms with Gasteiger partial charge in [-0.05, 0) is 59.2 Å². The van der Waals surface area contributed by atoms with Crippen LogP contribution in [0.1, 0.15) is 34.6 Å². The van der Waals surface area contributed by atoms with Crippen molar-refractivity contribution in [1.82, 2.24) is 0 Å². The van der Waals surface area contributed by atoms with E-state index in [1.807, 2.05) is 63.2 Å². The van der Waals surface area contributed by atoms with Crippen molar-refractivity contribution in [3.63, 3.8) is 0 Å². The second-order valence-electron chi connectivity index (χ2n) is 11.5. The molecule has 0 fully saturated rings. The van der Waals surface area contributed by atoms with Gasteiger partial charge in [-0.1, -0.05) is 75.4 Å². The zero-order valence-corrected chi connectivity index (χ0v) is 22.9. The van der Waals surface area contributed by atoms with Crippen LogP contribution in [-0.2, 0) is 13.4 Å². The fourth-order valence-electron chi connectivity index (χ4n) is 5.65. The minimum atomic E-state index is -1.43. The third-order valence-electron chi connectivity index (χ3n) is 7.49. The molecule has 0 N–H and O–H groups in total. The third kappa shape index (κ3) is 4.01. The fourth-order valence-corrected chi connectivity index (χ4v) is 5.65. The summed E-state index contributed by atoms with van der Waals surface area (Å²) in [7, 11) is 2.06. The molecule has 3 aromatic heterocycles. The molecule has 0 saturated carbocycles. The number of hydrogen-bond donors (Lipinski definition) is 0. The lowest BCUT2D eigenvalue weighted by Crippen LogP contribution is -2.30. The van der Waals surface area contributed by atoms with E-state index in [4.69, 9.17) is 11.6 Å². The van der Waals surface area contributed by atoms with Crippen LogP contribution >= 0.6 is 0 Å². The number of pyridine rings is 1. The number of nitrogens with zero attached hydrogens (tertiary/aromatic N) is 1. The minimum Gasteiger partial charge on any atom is -0.456 e. The predicted octanol–water partition coefficient (Wildman–Crippen LogP) is 9.54. The number of hydrogen-bond acceptors (Lipinski definition) is 2. The van der Waals surface area contributed by atoms with Gasteiger partial charge in [-0.3, -0.25) is 0 Å². The van der Waals surface area contributed by atoms with Gasteiger partial charge in [-0.15, -0.1) is 0 Å². The molecule has 0 aliphatic rings. The highest BCUT2D eigenvalue weighted by Gasteiger charge is 2.22. The van der Waals surface area contributed by atoms with Gasteiger partial charge in [0.05, 0.1) is 5.56 Å². The van der Waals surface area contributed by atoms with E-state index < -0.39 is 11.8 Å². The van der Waals surface area contributed by atoms with Crippen molar-refractivity contribution in [2.75, 3.05) is 0 Å². The van der Waals surface area contributed by atoms with Crippen LogP contribution in [0.15, 0.2) is 100.0 Å². The van der Waals surface area contributed by atoms with Crippen LogP contribution in [0, 0.1) is 12.3 Å². The molecule has 0 radical (unpaired) electrons. The summed E-state index contributed by atoms with van der Waals surface area (Å²) in [5.74, 6) is 0. The van der Waals surface area contributed by atoms with Gasteiger partial charge in [0, 0.05) is 36.4 Å². The van der Waals surface area contributed by atoms with Crippen molar-refractivity contribution < 1.29 is 16.1 Å². The highest BCUT2D eigenvalue weighted by atomic mass is 16.3. The molecule has 7 aromatic rings. The summed E-state index contributed by atoms with van der Waals surface area (Å²) in [5.41, 5.74) is 8.98. The number of furan rings is 2. The Morgan fingerprint density at radius 2 is 1.44 bits per heavy atom. The fraction of sp³-hybridized carbons (Fsp3) is 0.194. The molecular weight excluding hydrogens is 478 g/mol. The molecule has 7 rings (SSSR count). The van der Waals surface area contributed by atoms with Crippen LogP contribution in [0.2, 0.25) is 0 Å². The average molecular weight is 513 g/mol. The smallest absolute Gasteiger partial charge is 0.216 e. The van der Waals surface area contributed by atoms with Gasteiger partial charge in [0.1, 0.15) is 29.4 Å². The largest absolute Gasteiger partial charge is 0.456 e. The molecular formula is C36H32NO2+. The van der Waals surface area contributed by atoms with E-state index in [2.05, 4.69) is 67.2 Å². The highest BCUT2D eigenvalue weighted by Crippen LogP contribution is 2.41. The van der Waals surface area contributed by atoms with E-state index in [0.717, 1.165) is 71.8 Å². The first-order valence-electron chi connectivity index (χ1n) is 14.4. The summed E-state index contributed by atoms with van der Waals surface area (Å²) in [5, 5.41) is 4.23. The molecule has 0 aliphatic heterocycles. The second kappa shape index (κ2) is 8.57. The van der Waals surface area contributed by atoms with Crippen LogP contribution in [0.5, 0.6) is 0 Å². The maximum atomic E-state index is 8.64. The number of aromatic nitrogens is 1. The van der Waals surface area contributed by atoms with Gasteiger partial charge >= 0.3 is 0 Å². The summed E-state index contributed by atoms with van der Waals surface area (Å²) in [6, 6.07) is 28.8. The van der Waals surface area contributed by atoms with Crippen molar-refractivity contribution in [1.29, 1.82) is 0 Å². The molecule has 3 heteroatoms. The Morgan fingerprint density at radius 1 is 0.718 bits per heavy atom. The first-order chi connectivity index (χ1) is 19.5. The molecule has 192 valence electrons. The Labute approximate surface area is 231 Å². The molecule has 3 heterocycles. The summed E-state index contributed by atoms with van der Waals surface area (Å²) < 4.78 is 32.2. The Hall–Kier alpha value is -4.37. The molecule has 0 bridgehead atoms. The first kappa shape index (κ1) is 21.6. The van der Waals surface area contributed by atoms with Gasteiger partial charge in [-0.2, -0.15) is 0 Å². The van der Waals surface area contributed by atoms with Crippen LogP contribution < -0.4 is 4.57 Å². The number of fused-ring (bicyclic) bond motifs is 6. The summed E-state index contributed by atoms with van der Waals surface area (Å²) >= 11 is 0. The SMILES string of the molecule is [2H]C([2H])(c1ccc(-c2cc[n+](C)c(-c3c(C)ccc4c3oc3cc5c(cc34)oc3ccccc35)c2)cc1)C(C)(C)C. The van der Waals surface area contributed by atoms with Gasteiger partial charge < -0.3 is 8.83 Å². The number of aryl methyl sites for hydroxylation is 2. The molecule has 0 amide bonds. The maximum Gasteiger partial charge on any atom is 0.216 e. The van der Waals surface area contributed by atoms with Gasteiger partial charge in [0.15, 0.2) is 6.20 Å². The molecule has 0 spiro atoms. The Kier molecular flexibility index (Phi) is 4.74. The second-order valence-corrected chi connectivity index (χ2v) is 11.5. The van der Waals surface area contributed by atoms with E-state index in [-0.39, 0.29) is 0 Å². The molecule has 4 aromatic carbocycles. The third-order valence-corrected chi connectivity index (χ3v) is 7.49. The van der Waals surface area contributed by atoms with Gasteiger partial charge in [0.2, 0.25) is 5.69 Å². The zero-order chi connectivity index (χ0) is 28.7. The lowest BCUT2D eigenvalue weighted by molar-refractivity contribution is -0.660. The van der Waals surface area contributed by atoms with Crippen LogP contribution in [0.25, 0.3) is 66.3 Å². The van der Waals surface area contributed by atoms with Crippen molar-refractivity contribution in [3.8, 4) is 22.4 Å². The monoisotopic (exact) mass is 512 g/mol. The number of benzene rings is 4. The van der Waals surface area contributed by atoms with Crippen molar-refractivity contribution in [2.45, 2.75) is 34.1 Å². The zero-order valence-electron chi connectivity index (χ0n) is 24.9. The number of para-hydroxylation sites is 1. The van der Waals surface area contributed by atoms with E-state index >= 15 is 0 Å². The van der Waals surface area contributed by atoms with Crippen molar-refractivity contribution in [2.24, 2.45) is 12.5 Å². The van der Waals surface area contributed by atoms with Crippen LogP contribution in [0.3, 0.4) is 0 Å². The molecule has 0 saturated heterocycles. The van der Waals surface area contributed by atoms with E-state index in [0.29, 0.717) is 5.56 Å². The Bertz CT molecular complexity index is 2130. The number of rotatable bonds is 3. The van der Waals surface area contributed by atoms with Crippen molar-refractivity contribution in [3.05, 3.63) is 102 Å². The molecule has 0 unspecified atom stereocenters. The lowest BCUT2D eigenvalue weighted by atomic mass is 9.87. The van der Waals surface area contributed by atoms with E-state index in [1.165, 1.54) is 0 Å². The first-order valence-corrected chi connectivity index (χ1v) is 13.4. The molecule has 3 nitrogen and oxygen atoms in total. The van der Waals surface area contributed by atoms with Gasteiger partial charge in [-0.25, -0.2) is 4.57 Å². The standard InChI is InChI=1S/C36H32NO2/c1-22-10-15-27-29-20-32-28(26-8-6-7-9-31(26)38-32)19-33(29)39-35(27)34(22)30-18-25(16-17-37(30)5)24-13-11-23(12-14-24)21-36(2,3)4/h6-20H,21H2,1-5H3/q+1/i21D2. The minimum absolute atomic E-state index is 0.499. The summed E-state index contributed by atoms with van der Waals surface area (Å²) in [6.45, 7) is 7.93. The molecule has 39 heavy (non-hydrogen) atoms. The predicted molar refractivity (Wildman–Crippen MR) is 161 cm³/mol. The van der Waals surface area contributed by atoms with Crippen molar-refractivity contribution >= 4 is 43.9 Å². The molecule has 0 atom stereocenters. The summed E-state index contributed by atoms with van der Waals surface area (Å²) in [6.07, 6.45) is 0.647. The lowest BCUT2D eigenvalue weighted by Gasteiger charge is -2.18. The quantitative estimate of drug-likeness (QED) is 0.221. The molecule has 0 aliphatic carbocycles. The normalized spacial score (nSPS) is 13.5. The van der Waals surface area contributed by atoms with E-state index in [1.54, 1.807) is 0 Å². The van der Waals surface area contributed by atoms with Crippen LogP contribution in [-0.4, -0.2) is 0 Å². The van der Waals surface area contributed by atoms with E-state index in [9.17, 15) is 0 Å². The topological polar surface area (TPSA) is 30.2 Å². The highest BCUT2D eigenvalue weighted by molar-refractivity contribution is 6.16. The Balaban J connectivity index is 1.38.